The van der Waals surface area contributed by atoms with Gasteiger partial charge < -0.3 is 10.0 Å². The summed E-state index contributed by atoms with van der Waals surface area (Å²) in [6, 6.07) is 8.27. The molecule has 0 aliphatic heterocycles. The zero-order chi connectivity index (χ0) is 13.0. The molecule has 0 amide bonds. The standard InChI is InChI=1S/C14H17N3O/c1-3-17(13-6-4-5-11(2)7-13)14-9-15-12(10-18)8-16-14/h4-9,18H,3,10H2,1-2H3. The summed E-state index contributed by atoms with van der Waals surface area (Å²) < 4.78 is 0. The van der Waals surface area contributed by atoms with Crippen molar-refractivity contribution in [3.05, 3.63) is 47.9 Å². The van der Waals surface area contributed by atoms with E-state index in [-0.39, 0.29) is 6.61 Å². The predicted molar refractivity (Wildman–Crippen MR) is 71.8 cm³/mol. The molecule has 2 rings (SSSR count). The van der Waals surface area contributed by atoms with Crippen LogP contribution in [0.5, 0.6) is 0 Å². The maximum atomic E-state index is 8.96. The summed E-state index contributed by atoms with van der Waals surface area (Å²) in [4.78, 5) is 10.6. The number of aliphatic hydroxyl groups is 1. The van der Waals surface area contributed by atoms with Crippen LogP contribution in [0.25, 0.3) is 0 Å². The van der Waals surface area contributed by atoms with Crippen LogP contribution < -0.4 is 4.90 Å². The van der Waals surface area contributed by atoms with Gasteiger partial charge in [-0.3, -0.25) is 4.98 Å². The highest BCUT2D eigenvalue weighted by Gasteiger charge is 2.09. The first-order valence-corrected chi connectivity index (χ1v) is 6.00. The fourth-order valence-corrected chi connectivity index (χ4v) is 1.84. The number of hydrogen-bond donors (Lipinski definition) is 1. The Hall–Kier alpha value is -1.94. The fourth-order valence-electron chi connectivity index (χ4n) is 1.84. The van der Waals surface area contributed by atoms with E-state index in [0.717, 1.165) is 18.1 Å². The molecule has 4 nitrogen and oxygen atoms in total. The van der Waals surface area contributed by atoms with Gasteiger partial charge in [-0.15, -0.1) is 0 Å². The van der Waals surface area contributed by atoms with Gasteiger partial charge >= 0.3 is 0 Å². The summed E-state index contributed by atoms with van der Waals surface area (Å²) in [6.45, 7) is 4.88. The van der Waals surface area contributed by atoms with Gasteiger partial charge in [0.2, 0.25) is 0 Å². The zero-order valence-electron chi connectivity index (χ0n) is 10.7. The van der Waals surface area contributed by atoms with Gasteiger partial charge in [0.15, 0.2) is 5.82 Å². The molecule has 4 heteroatoms. The maximum Gasteiger partial charge on any atom is 0.151 e. The van der Waals surface area contributed by atoms with Crippen LogP contribution in [0.1, 0.15) is 18.2 Å². The van der Waals surface area contributed by atoms with Gasteiger partial charge in [-0.2, -0.15) is 0 Å². The van der Waals surface area contributed by atoms with Gasteiger partial charge in [0.05, 0.1) is 24.7 Å². The van der Waals surface area contributed by atoms with Crippen molar-refractivity contribution in [1.82, 2.24) is 9.97 Å². The van der Waals surface area contributed by atoms with E-state index >= 15 is 0 Å². The lowest BCUT2D eigenvalue weighted by Gasteiger charge is -2.22. The molecule has 0 bridgehead atoms. The highest BCUT2D eigenvalue weighted by Crippen LogP contribution is 2.23. The molecule has 1 aromatic carbocycles. The first-order chi connectivity index (χ1) is 8.74. The van der Waals surface area contributed by atoms with Crippen LogP contribution in [0, 0.1) is 6.92 Å². The smallest absolute Gasteiger partial charge is 0.151 e. The molecule has 0 atom stereocenters. The highest BCUT2D eigenvalue weighted by atomic mass is 16.3. The van der Waals surface area contributed by atoms with E-state index in [1.165, 1.54) is 5.56 Å². The van der Waals surface area contributed by atoms with E-state index in [4.69, 9.17) is 5.11 Å². The second-order valence-electron chi connectivity index (χ2n) is 4.11. The van der Waals surface area contributed by atoms with Crippen LogP contribution in [0.15, 0.2) is 36.7 Å². The van der Waals surface area contributed by atoms with Gasteiger partial charge in [-0.25, -0.2) is 4.98 Å². The Morgan fingerprint density at radius 3 is 2.61 bits per heavy atom. The number of rotatable bonds is 4. The minimum Gasteiger partial charge on any atom is -0.390 e. The molecule has 0 saturated heterocycles. The van der Waals surface area contributed by atoms with Gasteiger partial charge in [-0.05, 0) is 31.5 Å². The Kier molecular flexibility index (Phi) is 3.89. The number of hydrogen-bond acceptors (Lipinski definition) is 4. The van der Waals surface area contributed by atoms with Crippen LogP contribution in [0.3, 0.4) is 0 Å². The molecule has 1 aromatic heterocycles. The number of aliphatic hydroxyl groups excluding tert-OH is 1. The Bertz CT molecular complexity index is 511. The SMILES string of the molecule is CCN(c1cccc(C)c1)c1cnc(CO)cn1. The number of aryl methyl sites for hydroxylation is 1. The molecule has 18 heavy (non-hydrogen) atoms. The minimum atomic E-state index is -0.0795. The maximum absolute atomic E-state index is 8.96. The number of nitrogens with zero attached hydrogens (tertiary/aromatic N) is 3. The topological polar surface area (TPSA) is 49.2 Å². The molecule has 0 aliphatic rings. The van der Waals surface area contributed by atoms with Crippen LogP contribution >= 0.6 is 0 Å². The molecule has 0 saturated carbocycles. The summed E-state index contributed by atoms with van der Waals surface area (Å²) in [5.74, 6) is 0.792. The fraction of sp³-hybridized carbons (Fsp3) is 0.286. The molecule has 0 radical (unpaired) electrons. The third kappa shape index (κ3) is 2.65. The lowest BCUT2D eigenvalue weighted by atomic mass is 10.2. The Morgan fingerprint density at radius 1 is 1.22 bits per heavy atom. The Balaban J connectivity index is 2.32. The number of benzene rings is 1. The molecule has 0 fully saturated rings. The predicted octanol–water partition coefficient (Wildman–Crippen LogP) is 2.44. The summed E-state index contributed by atoms with van der Waals surface area (Å²) in [6.07, 6.45) is 3.30. The first-order valence-electron chi connectivity index (χ1n) is 6.00. The average Bonchev–Trinajstić information content (AvgIpc) is 2.40. The Morgan fingerprint density at radius 2 is 2.06 bits per heavy atom. The number of aromatic nitrogens is 2. The van der Waals surface area contributed by atoms with E-state index < -0.39 is 0 Å². The molecule has 0 aliphatic carbocycles. The van der Waals surface area contributed by atoms with E-state index in [2.05, 4.69) is 46.9 Å². The van der Waals surface area contributed by atoms with Crippen LogP contribution in [0.4, 0.5) is 11.5 Å². The van der Waals surface area contributed by atoms with Gasteiger partial charge in [0.25, 0.3) is 0 Å². The van der Waals surface area contributed by atoms with Crippen molar-refractivity contribution in [3.63, 3.8) is 0 Å². The molecule has 0 spiro atoms. The largest absolute Gasteiger partial charge is 0.390 e. The van der Waals surface area contributed by atoms with Crippen LogP contribution in [-0.2, 0) is 6.61 Å². The summed E-state index contributed by atoms with van der Waals surface area (Å²) in [5.41, 5.74) is 2.90. The first kappa shape index (κ1) is 12.5. The van der Waals surface area contributed by atoms with Crippen molar-refractivity contribution < 1.29 is 5.11 Å². The van der Waals surface area contributed by atoms with E-state index in [9.17, 15) is 0 Å². The second-order valence-corrected chi connectivity index (χ2v) is 4.11. The quantitative estimate of drug-likeness (QED) is 0.896. The van der Waals surface area contributed by atoms with Gasteiger partial charge in [0, 0.05) is 12.2 Å². The zero-order valence-corrected chi connectivity index (χ0v) is 10.7. The average molecular weight is 243 g/mol. The third-order valence-corrected chi connectivity index (χ3v) is 2.76. The highest BCUT2D eigenvalue weighted by molar-refractivity contribution is 5.59. The molecular weight excluding hydrogens is 226 g/mol. The van der Waals surface area contributed by atoms with Crippen molar-refractivity contribution >= 4 is 11.5 Å². The van der Waals surface area contributed by atoms with Crippen molar-refractivity contribution in [2.45, 2.75) is 20.5 Å². The molecule has 2 aromatic rings. The third-order valence-electron chi connectivity index (χ3n) is 2.76. The molecule has 1 heterocycles. The van der Waals surface area contributed by atoms with E-state index in [0.29, 0.717) is 5.69 Å². The minimum absolute atomic E-state index is 0.0795. The monoisotopic (exact) mass is 243 g/mol. The Labute approximate surface area is 107 Å². The van der Waals surface area contributed by atoms with Crippen molar-refractivity contribution in [3.8, 4) is 0 Å². The summed E-state index contributed by atoms with van der Waals surface area (Å²) >= 11 is 0. The number of anilines is 2. The lowest BCUT2D eigenvalue weighted by molar-refractivity contribution is 0.276. The molecular formula is C14H17N3O. The molecule has 1 N–H and O–H groups in total. The van der Waals surface area contributed by atoms with Crippen molar-refractivity contribution in [1.29, 1.82) is 0 Å². The summed E-state index contributed by atoms with van der Waals surface area (Å²) in [7, 11) is 0. The van der Waals surface area contributed by atoms with Gasteiger partial charge in [0.1, 0.15) is 0 Å². The van der Waals surface area contributed by atoms with Crippen molar-refractivity contribution in [2.24, 2.45) is 0 Å². The normalized spacial score (nSPS) is 10.4. The molecule has 94 valence electrons. The van der Waals surface area contributed by atoms with E-state index in [1.807, 2.05) is 6.07 Å². The molecule has 0 unspecified atom stereocenters. The van der Waals surface area contributed by atoms with Gasteiger partial charge in [-0.1, -0.05) is 12.1 Å². The summed E-state index contributed by atoms with van der Waals surface area (Å²) in [5, 5.41) is 8.96. The van der Waals surface area contributed by atoms with E-state index in [1.54, 1.807) is 12.4 Å². The second kappa shape index (κ2) is 5.60. The van der Waals surface area contributed by atoms with Crippen LogP contribution in [-0.4, -0.2) is 21.6 Å². The van der Waals surface area contributed by atoms with Crippen molar-refractivity contribution in [2.75, 3.05) is 11.4 Å². The van der Waals surface area contributed by atoms with Crippen LogP contribution in [0.2, 0.25) is 0 Å². The lowest BCUT2D eigenvalue weighted by Crippen LogP contribution is -2.17.